The van der Waals surface area contributed by atoms with Crippen molar-refractivity contribution in [2.75, 3.05) is 12.4 Å². The molecule has 0 radical (unpaired) electrons. The summed E-state index contributed by atoms with van der Waals surface area (Å²) in [5, 5.41) is 25.1. The maximum atomic E-state index is 13.4. The van der Waals surface area contributed by atoms with Crippen LogP contribution in [0.25, 0.3) is 0 Å². The zero-order chi connectivity index (χ0) is 12.1. The minimum absolute atomic E-state index is 0.0395. The van der Waals surface area contributed by atoms with E-state index in [-0.39, 0.29) is 23.8 Å². The van der Waals surface area contributed by atoms with Crippen LogP contribution in [0.4, 0.5) is 4.39 Å². The van der Waals surface area contributed by atoms with E-state index in [2.05, 4.69) is 0 Å². The van der Waals surface area contributed by atoms with Gasteiger partial charge >= 0.3 is 0 Å². The molecule has 0 aromatic heterocycles. The lowest BCUT2D eigenvalue weighted by Gasteiger charge is -2.10. The molecule has 0 fully saturated rings. The van der Waals surface area contributed by atoms with E-state index in [1.807, 2.05) is 0 Å². The lowest BCUT2D eigenvalue weighted by atomic mass is 10.2. The molecule has 0 saturated carbocycles. The Morgan fingerprint density at radius 1 is 1.56 bits per heavy atom. The van der Waals surface area contributed by atoms with E-state index >= 15 is 0 Å². The van der Waals surface area contributed by atoms with Crippen LogP contribution in [0.3, 0.4) is 0 Å². The molecule has 0 spiro atoms. The highest BCUT2D eigenvalue weighted by Crippen LogP contribution is 2.25. The van der Waals surface area contributed by atoms with Crippen molar-refractivity contribution in [1.29, 1.82) is 5.41 Å². The minimum atomic E-state index is -0.868. The minimum Gasteiger partial charge on any atom is -0.394 e. The summed E-state index contributed by atoms with van der Waals surface area (Å²) in [6.45, 7) is -0.349. The van der Waals surface area contributed by atoms with Crippen molar-refractivity contribution in [2.24, 2.45) is 5.73 Å². The fourth-order valence-corrected chi connectivity index (χ4v) is 2.13. The van der Waals surface area contributed by atoms with Gasteiger partial charge in [0.15, 0.2) is 0 Å². The normalized spacial score (nSPS) is 12.4. The molecule has 1 atom stereocenters. The van der Waals surface area contributed by atoms with Crippen LogP contribution in [-0.2, 0) is 0 Å². The molecule has 0 amide bonds. The number of aliphatic hydroxyl groups excluding tert-OH is 2. The van der Waals surface area contributed by atoms with Crippen LogP contribution in [-0.4, -0.2) is 34.5 Å². The Labute approximate surface area is 96.8 Å². The number of benzene rings is 1. The number of nitrogens with two attached hydrogens (primary N) is 1. The Balaban J connectivity index is 2.87. The second-order valence-corrected chi connectivity index (χ2v) is 4.24. The summed E-state index contributed by atoms with van der Waals surface area (Å²) in [5.74, 6) is -0.685. The number of nitrogens with one attached hydrogen (secondary N) is 1. The second kappa shape index (κ2) is 5.83. The first-order chi connectivity index (χ1) is 7.56. The zero-order valence-electron chi connectivity index (χ0n) is 8.48. The molecule has 1 aromatic carbocycles. The van der Waals surface area contributed by atoms with Crippen molar-refractivity contribution in [2.45, 2.75) is 11.0 Å². The average Bonchev–Trinajstić information content (AvgIpc) is 2.25. The monoisotopic (exact) mass is 244 g/mol. The second-order valence-electron chi connectivity index (χ2n) is 3.17. The summed E-state index contributed by atoms with van der Waals surface area (Å²) in [6, 6.07) is 4.35. The lowest BCUT2D eigenvalue weighted by molar-refractivity contribution is 0.113. The maximum Gasteiger partial charge on any atom is 0.135 e. The summed E-state index contributed by atoms with van der Waals surface area (Å²) in [5.41, 5.74) is 5.31. The number of nitrogen functional groups attached to an aromatic ring is 1. The largest absolute Gasteiger partial charge is 0.394 e. The van der Waals surface area contributed by atoms with E-state index in [9.17, 15) is 4.39 Å². The van der Waals surface area contributed by atoms with Gasteiger partial charge in [-0.25, -0.2) is 4.39 Å². The van der Waals surface area contributed by atoms with Crippen molar-refractivity contribution < 1.29 is 14.6 Å². The van der Waals surface area contributed by atoms with Gasteiger partial charge in [0.1, 0.15) is 11.7 Å². The Morgan fingerprint density at radius 2 is 2.25 bits per heavy atom. The topological polar surface area (TPSA) is 90.3 Å². The highest BCUT2D eigenvalue weighted by Gasteiger charge is 2.12. The van der Waals surface area contributed by atoms with Crippen molar-refractivity contribution in [1.82, 2.24) is 0 Å². The van der Waals surface area contributed by atoms with Gasteiger partial charge in [0.05, 0.1) is 18.3 Å². The Hall–Kier alpha value is -1.11. The molecular weight excluding hydrogens is 231 g/mol. The van der Waals surface area contributed by atoms with Crippen molar-refractivity contribution in [3.63, 3.8) is 0 Å². The third kappa shape index (κ3) is 3.19. The van der Waals surface area contributed by atoms with Gasteiger partial charge in [-0.15, -0.1) is 11.8 Å². The van der Waals surface area contributed by atoms with Gasteiger partial charge in [-0.2, -0.15) is 0 Å². The molecular formula is C10H13FN2O2S. The summed E-state index contributed by atoms with van der Waals surface area (Å²) in [4.78, 5) is 0.486. The van der Waals surface area contributed by atoms with Crippen molar-refractivity contribution in [3.8, 4) is 0 Å². The summed E-state index contributed by atoms with van der Waals surface area (Å²) in [6.07, 6.45) is -0.868. The molecule has 0 aliphatic heterocycles. The SMILES string of the molecule is N=C(N)c1c(F)cccc1SCC(O)CO. The number of aliphatic hydroxyl groups is 2. The van der Waals surface area contributed by atoms with Crippen LogP contribution >= 0.6 is 11.8 Å². The molecule has 5 N–H and O–H groups in total. The molecule has 16 heavy (non-hydrogen) atoms. The van der Waals surface area contributed by atoms with E-state index in [1.54, 1.807) is 6.07 Å². The van der Waals surface area contributed by atoms with E-state index < -0.39 is 11.9 Å². The van der Waals surface area contributed by atoms with Gasteiger partial charge in [0, 0.05) is 10.6 Å². The molecule has 0 saturated heterocycles. The third-order valence-electron chi connectivity index (χ3n) is 1.89. The van der Waals surface area contributed by atoms with Crippen LogP contribution in [0.2, 0.25) is 0 Å². The fraction of sp³-hybridized carbons (Fsp3) is 0.300. The van der Waals surface area contributed by atoms with Crippen LogP contribution in [0, 0.1) is 11.2 Å². The zero-order valence-corrected chi connectivity index (χ0v) is 9.30. The molecule has 0 bridgehead atoms. The number of hydrogen-bond donors (Lipinski definition) is 4. The number of halogens is 1. The summed E-state index contributed by atoms with van der Waals surface area (Å²) in [7, 11) is 0. The fourth-order valence-electron chi connectivity index (χ4n) is 1.12. The number of amidine groups is 1. The Morgan fingerprint density at radius 3 is 2.81 bits per heavy atom. The van der Waals surface area contributed by atoms with Crippen LogP contribution < -0.4 is 5.73 Å². The summed E-state index contributed by atoms with van der Waals surface area (Å²) < 4.78 is 13.4. The molecule has 1 aromatic rings. The first-order valence-electron chi connectivity index (χ1n) is 4.61. The Kier molecular flexibility index (Phi) is 4.72. The molecule has 4 nitrogen and oxygen atoms in total. The molecule has 6 heteroatoms. The van der Waals surface area contributed by atoms with Gasteiger partial charge < -0.3 is 15.9 Å². The highest BCUT2D eigenvalue weighted by molar-refractivity contribution is 7.99. The van der Waals surface area contributed by atoms with Gasteiger partial charge in [-0.05, 0) is 12.1 Å². The van der Waals surface area contributed by atoms with Crippen LogP contribution in [0.15, 0.2) is 23.1 Å². The number of thioether (sulfide) groups is 1. The van der Waals surface area contributed by atoms with Crippen LogP contribution in [0.5, 0.6) is 0 Å². The van der Waals surface area contributed by atoms with E-state index in [1.165, 1.54) is 12.1 Å². The molecule has 1 unspecified atom stereocenters. The van der Waals surface area contributed by atoms with Crippen molar-refractivity contribution in [3.05, 3.63) is 29.6 Å². The summed E-state index contributed by atoms with van der Waals surface area (Å²) >= 11 is 1.15. The third-order valence-corrected chi connectivity index (χ3v) is 3.09. The predicted octanol–water partition coefficient (Wildman–Crippen LogP) is 0.555. The van der Waals surface area contributed by atoms with E-state index in [0.29, 0.717) is 4.90 Å². The van der Waals surface area contributed by atoms with Gasteiger partial charge in [0.2, 0.25) is 0 Å². The molecule has 0 aliphatic rings. The quantitative estimate of drug-likeness (QED) is 0.346. The molecule has 0 aliphatic carbocycles. The highest BCUT2D eigenvalue weighted by atomic mass is 32.2. The first-order valence-corrected chi connectivity index (χ1v) is 5.59. The smallest absolute Gasteiger partial charge is 0.135 e. The Bertz CT molecular complexity index is 387. The lowest BCUT2D eigenvalue weighted by Crippen LogP contribution is -2.17. The predicted molar refractivity (Wildman–Crippen MR) is 61.2 cm³/mol. The van der Waals surface area contributed by atoms with Gasteiger partial charge in [-0.1, -0.05) is 6.07 Å². The number of rotatable bonds is 5. The maximum absolute atomic E-state index is 13.4. The number of hydrogen-bond acceptors (Lipinski definition) is 4. The molecule has 1 rings (SSSR count). The molecule has 88 valence electrons. The van der Waals surface area contributed by atoms with E-state index in [4.69, 9.17) is 21.4 Å². The molecule has 0 heterocycles. The van der Waals surface area contributed by atoms with Crippen molar-refractivity contribution >= 4 is 17.6 Å². The van der Waals surface area contributed by atoms with Crippen LogP contribution in [0.1, 0.15) is 5.56 Å². The average molecular weight is 244 g/mol. The van der Waals surface area contributed by atoms with E-state index in [0.717, 1.165) is 11.8 Å². The van der Waals surface area contributed by atoms with Gasteiger partial charge in [0.25, 0.3) is 0 Å². The first kappa shape index (κ1) is 13.0. The standard InChI is InChI=1S/C10H13FN2O2S/c11-7-2-1-3-8(9(7)10(12)13)16-5-6(15)4-14/h1-3,6,14-15H,4-5H2,(H3,12,13). The van der Waals surface area contributed by atoms with Gasteiger partial charge in [-0.3, -0.25) is 5.41 Å².